The summed E-state index contributed by atoms with van der Waals surface area (Å²) >= 11 is 0. The Morgan fingerprint density at radius 2 is 1.94 bits per heavy atom. The van der Waals surface area contributed by atoms with Crippen LogP contribution in [0.15, 0.2) is 18.2 Å². The Balaban J connectivity index is 1.85. The van der Waals surface area contributed by atoms with Crippen LogP contribution >= 0.6 is 0 Å². The Morgan fingerprint density at radius 1 is 1.12 bits per heavy atom. The Bertz CT molecular complexity index is 399. The minimum absolute atomic E-state index is 0.0898. The molecule has 2 aliphatic rings. The van der Waals surface area contributed by atoms with Crippen LogP contribution in [0.25, 0.3) is 0 Å². The van der Waals surface area contributed by atoms with Gasteiger partial charge in [0.25, 0.3) is 0 Å². The smallest absolute Gasteiger partial charge is 0.231 e. The lowest BCUT2D eigenvalue weighted by molar-refractivity contribution is 0.172. The molecule has 3 heteroatoms. The first kappa shape index (κ1) is 10.9. The molecule has 0 aromatic heterocycles. The maximum atomic E-state index is 6.41. The fourth-order valence-corrected chi connectivity index (χ4v) is 2.96. The number of para-hydroxylation sites is 1. The van der Waals surface area contributed by atoms with E-state index in [-0.39, 0.29) is 6.04 Å². The maximum Gasteiger partial charge on any atom is 0.231 e. The van der Waals surface area contributed by atoms with Gasteiger partial charge in [0, 0.05) is 11.6 Å². The molecule has 1 heterocycles. The molecule has 0 unspecified atom stereocenters. The predicted octanol–water partition coefficient (Wildman–Crippen LogP) is 3.00. The number of fused-ring (bicyclic) bond motifs is 1. The van der Waals surface area contributed by atoms with Crippen LogP contribution in [0.1, 0.15) is 43.7 Å². The lowest BCUT2D eigenvalue weighted by Crippen LogP contribution is -2.23. The molecule has 92 valence electrons. The normalized spacial score (nSPS) is 21.5. The monoisotopic (exact) mass is 233 g/mol. The molecule has 3 nitrogen and oxygen atoms in total. The van der Waals surface area contributed by atoms with Crippen LogP contribution in [0.4, 0.5) is 0 Å². The molecular formula is C14H19NO2. The summed E-state index contributed by atoms with van der Waals surface area (Å²) in [6.45, 7) is 0.323. The first-order valence-electron chi connectivity index (χ1n) is 6.50. The molecule has 1 aromatic rings. The summed E-state index contributed by atoms with van der Waals surface area (Å²) in [7, 11) is 0. The number of nitrogens with two attached hydrogens (primary N) is 1. The average molecular weight is 233 g/mol. The standard InChI is InChI=1S/C14H19NO2/c15-13(10-5-2-1-3-6-10)11-7-4-8-12-14(11)17-9-16-12/h4,7-8,10,13H,1-3,5-6,9,15H2/t13-/m0/s1. The summed E-state index contributed by atoms with van der Waals surface area (Å²) in [6, 6.07) is 6.12. The molecule has 0 amide bonds. The van der Waals surface area contributed by atoms with Crippen LogP contribution in [-0.4, -0.2) is 6.79 Å². The fourth-order valence-electron chi connectivity index (χ4n) is 2.96. The molecular weight excluding hydrogens is 214 g/mol. The van der Waals surface area contributed by atoms with Gasteiger partial charge in [-0.15, -0.1) is 0 Å². The van der Waals surface area contributed by atoms with Gasteiger partial charge in [-0.3, -0.25) is 0 Å². The third-order valence-electron chi connectivity index (χ3n) is 3.94. The summed E-state index contributed by atoms with van der Waals surface area (Å²) in [5.41, 5.74) is 7.52. The number of rotatable bonds is 2. The van der Waals surface area contributed by atoms with Gasteiger partial charge in [0.15, 0.2) is 11.5 Å². The number of hydrogen-bond acceptors (Lipinski definition) is 3. The van der Waals surface area contributed by atoms with Crippen LogP contribution in [0, 0.1) is 5.92 Å². The molecule has 0 saturated heterocycles. The highest BCUT2D eigenvalue weighted by atomic mass is 16.7. The highest BCUT2D eigenvalue weighted by molar-refractivity contribution is 5.49. The third-order valence-corrected chi connectivity index (χ3v) is 3.94. The van der Waals surface area contributed by atoms with Crippen LogP contribution in [0.3, 0.4) is 0 Å². The van der Waals surface area contributed by atoms with Gasteiger partial charge < -0.3 is 15.2 Å². The summed E-state index contributed by atoms with van der Waals surface area (Å²) in [4.78, 5) is 0. The quantitative estimate of drug-likeness (QED) is 0.854. The van der Waals surface area contributed by atoms with Crippen molar-refractivity contribution < 1.29 is 9.47 Å². The van der Waals surface area contributed by atoms with Crippen molar-refractivity contribution in [1.29, 1.82) is 0 Å². The van der Waals surface area contributed by atoms with E-state index < -0.39 is 0 Å². The third kappa shape index (κ3) is 2.00. The zero-order chi connectivity index (χ0) is 11.7. The molecule has 0 spiro atoms. The second kappa shape index (κ2) is 4.57. The summed E-state index contributed by atoms with van der Waals surface area (Å²) < 4.78 is 10.9. The minimum Gasteiger partial charge on any atom is -0.454 e. The minimum atomic E-state index is 0.0898. The zero-order valence-corrected chi connectivity index (χ0v) is 10.0. The molecule has 0 bridgehead atoms. The molecule has 1 atom stereocenters. The van der Waals surface area contributed by atoms with E-state index in [9.17, 15) is 0 Å². The Labute approximate surface area is 102 Å². The van der Waals surface area contributed by atoms with Gasteiger partial charge in [-0.2, -0.15) is 0 Å². The van der Waals surface area contributed by atoms with E-state index in [1.807, 2.05) is 12.1 Å². The van der Waals surface area contributed by atoms with Crippen LogP contribution < -0.4 is 15.2 Å². The van der Waals surface area contributed by atoms with E-state index in [0.717, 1.165) is 17.1 Å². The van der Waals surface area contributed by atoms with Crippen molar-refractivity contribution in [3.8, 4) is 11.5 Å². The maximum absolute atomic E-state index is 6.41. The Hall–Kier alpha value is -1.22. The van der Waals surface area contributed by atoms with E-state index in [4.69, 9.17) is 15.2 Å². The summed E-state index contributed by atoms with van der Waals surface area (Å²) in [5.74, 6) is 2.30. The number of hydrogen-bond donors (Lipinski definition) is 1. The van der Waals surface area contributed by atoms with Crippen LogP contribution in [0.2, 0.25) is 0 Å². The van der Waals surface area contributed by atoms with Crippen molar-refractivity contribution in [2.24, 2.45) is 11.7 Å². The SMILES string of the molecule is N[C@H](c1cccc2c1OCO2)C1CCCCC1. The summed E-state index contributed by atoms with van der Waals surface area (Å²) in [6.07, 6.45) is 6.46. The molecule has 1 aliphatic heterocycles. The molecule has 1 fully saturated rings. The van der Waals surface area contributed by atoms with Crippen molar-refractivity contribution in [2.45, 2.75) is 38.1 Å². The zero-order valence-electron chi connectivity index (χ0n) is 10.0. The molecule has 1 aromatic carbocycles. The first-order valence-corrected chi connectivity index (χ1v) is 6.50. The van der Waals surface area contributed by atoms with Gasteiger partial charge in [0.2, 0.25) is 6.79 Å². The van der Waals surface area contributed by atoms with Crippen LogP contribution in [0.5, 0.6) is 11.5 Å². The van der Waals surface area contributed by atoms with Gasteiger partial charge in [0.05, 0.1) is 0 Å². The molecule has 1 aliphatic carbocycles. The van der Waals surface area contributed by atoms with Gasteiger partial charge >= 0.3 is 0 Å². The average Bonchev–Trinajstić information content (AvgIpc) is 2.87. The van der Waals surface area contributed by atoms with E-state index in [2.05, 4.69) is 6.07 Å². The molecule has 2 N–H and O–H groups in total. The van der Waals surface area contributed by atoms with Gasteiger partial charge in [-0.25, -0.2) is 0 Å². The second-order valence-corrected chi connectivity index (χ2v) is 5.00. The number of benzene rings is 1. The van der Waals surface area contributed by atoms with Crippen molar-refractivity contribution in [2.75, 3.05) is 6.79 Å². The lowest BCUT2D eigenvalue weighted by atomic mass is 9.81. The Morgan fingerprint density at radius 3 is 2.76 bits per heavy atom. The summed E-state index contributed by atoms with van der Waals surface area (Å²) in [5, 5.41) is 0. The van der Waals surface area contributed by atoms with Crippen LogP contribution in [-0.2, 0) is 0 Å². The Kier molecular flexibility index (Phi) is 2.93. The lowest BCUT2D eigenvalue weighted by Gasteiger charge is -2.28. The van der Waals surface area contributed by atoms with Crippen molar-refractivity contribution in [1.82, 2.24) is 0 Å². The highest BCUT2D eigenvalue weighted by Crippen LogP contribution is 2.42. The highest BCUT2D eigenvalue weighted by Gasteiger charge is 2.27. The van der Waals surface area contributed by atoms with E-state index in [1.54, 1.807) is 0 Å². The number of ether oxygens (including phenoxy) is 2. The van der Waals surface area contributed by atoms with Gasteiger partial charge in [0.1, 0.15) is 0 Å². The van der Waals surface area contributed by atoms with E-state index >= 15 is 0 Å². The molecule has 3 rings (SSSR count). The topological polar surface area (TPSA) is 44.5 Å². The first-order chi connectivity index (χ1) is 8.36. The van der Waals surface area contributed by atoms with E-state index in [1.165, 1.54) is 32.1 Å². The molecule has 1 saturated carbocycles. The van der Waals surface area contributed by atoms with Crippen molar-refractivity contribution >= 4 is 0 Å². The molecule has 0 radical (unpaired) electrons. The van der Waals surface area contributed by atoms with Crippen molar-refractivity contribution in [3.05, 3.63) is 23.8 Å². The van der Waals surface area contributed by atoms with Gasteiger partial charge in [-0.1, -0.05) is 31.4 Å². The molecule has 17 heavy (non-hydrogen) atoms. The largest absolute Gasteiger partial charge is 0.454 e. The fraction of sp³-hybridized carbons (Fsp3) is 0.571. The van der Waals surface area contributed by atoms with Gasteiger partial charge in [-0.05, 0) is 24.8 Å². The second-order valence-electron chi connectivity index (χ2n) is 5.00. The van der Waals surface area contributed by atoms with Crippen molar-refractivity contribution in [3.63, 3.8) is 0 Å². The van der Waals surface area contributed by atoms with E-state index in [0.29, 0.717) is 12.7 Å². The predicted molar refractivity (Wildman–Crippen MR) is 66.1 cm³/mol.